The molecule has 138 valence electrons. The first kappa shape index (κ1) is 17.2. The summed E-state index contributed by atoms with van der Waals surface area (Å²) in [6, 6.07) is 10.6. The van der Waals surface area contributed by atoms with Crippen LogP contribution >= 0.6 is 0 Å². The highest BCUT2D eigenvalue weighted by atomic mass is 16.5. The van der Waals surface area contributed by atoms with Crippen LogP contribution in [0.1, 0.15) is 57.8 Å². The molecule has 3 fully saturated rings. The fourth-order valence-corrected chi connectivity index (χ4v) is 5.24. The summed E-state index contributed by atoms with van der Waals surface area (Å²) in [5.74, 6) is 0. The number of nitrogens with two attached hydrogens (primary N) is 1. The van der Waals surface area contributed by atoms with Gasteiger partial charge in [-0.25, -0.2) is 0 Å². The van der Waals surface area contributed by atoms with Crippen LogP contribution in [0.2, 0.25) is 0 Å². The Bertz CT molecular complexity index is 542. The van der Waals surface area contributed by atoms with E-state index in [0.29, 0.717) is 18.1 Å². The number of anilines is 2. The zero-order valence-electron chi connectivity index (χ0n) is 15.3. The molecule has 0 spiro atoms. The smallest absolute Gasteiger partial charge is 0.0623 e. The topological polar surface area (TPSA) is 50.5 Å². The molecule has 0 radical (unpaired) electrons. The van der Waals surface area contributed by atoms with Crippen molar-refractivity contribution in [2.24, 2.45) is 0 Å². The summed E-state index contributed by atoms with van der Waals surface area (Å²) in [6.07, 6.45) is 12.2. The SMILES string of the molecule is Nc1ccccc1NC1C[C@H]2COC[C@@H](C1)N2C1CCCCCCC1. The number of fused-ring (bicyclic) bond motifs is 2. The lowest BCUT2D eigenvalue weighted by Crippen LogP contribution is -2.62. The van der Waals surface area contributed by atoms with E-state index in [2.05, 4.69) is 22.3 Å². The first-order valence-corrected chi connectivity index (χ1v) is 10.3. The number of hydrogen-bond acceptors (Lipinski definition) is 4. The molecule has 2 bridgehead atoms. The second-order valence-electron chi connectivity index (χ2n) is 8.19. The monoisotopic (exact) mass is 343 g/mol. The summed E-state index contributed by atoms with van der Waals surface area (Å²) in [7, 11) is 0. The van der Waals surface area contributed by atoms with Crippen molar-refractivity contribution < 1.29 is 4.74 Å². The number of morpholine rings is 1. The minimum Gasteiger partial charge on any atom is -0.397 e. The van der Waals surface area contributed by atoms with Gasteiger partial charge in [0.25, 0.3) is 0 Å². The summed E-state index contributed by atoms with van der Waals surface area (Å²) in [5.41, 5.74) is 8.07. The summed E-state index contributed by atoms with van der Waals surface area (Å²) >= 11 is 0. The molecule has 1 aliphatic carbocycles. The van der Waals surface area contributed by atoms with E-state index in [0.717, 1.165) is 30.6 Å². The van der Waals surface area contributed by atoms with Crippen molar-refractivity contribution in [3.05, 3.63) is 24.3 Å². The van der Waals surface area contributed by atoms with Crippen LogP contribution in [0.5, 0.6) is 0 Å². The minimum absolute atomic E-state index is 0.508. The molecule has 3 N–H and O–H groups in total. The van der Waals surface area contributed by atoms with Crippen LogP contribution < -0.4 is 11.1 Å². The number of para-hydroxylation sites is 2. The molecular weight excluding hydrogens is 310 g/mol. The van der Waals surface area contributed by atoms with E-state index < -0.39 is 0 Å². The number of rotatable bonds is 3. The van der Waals surface area contributed by atoms with Gasteiger partial charge in [-0.2, -0.15) is 0 Å². The first-order valence-electron chi connectivity index (χ1n) is 10.3. The largest absolute Gasteiger partial charge is 0.397 e. The highest BCUT2D eigenvalue weighted by Crippen LogP contribution is 2.35. The maximum absolute atomic E-state index is 6.13. The van der Waals surface area contributed by atoms with E-state index in [-0.39, 0.29) is 0 Å². The fourth-order valence-electron chi connectivity index (χ4n) is 5.24. The highest BCUT2D eigenvalue weighted by Gasteiger charge is 2.42. The van der Waals surface area contributed by atoms with Gasteiger partial charge >= 0.3 is 0 Å². The predicted octanol–water partition coefficient (Wildman–Crippen LogP) is 4.03. The van der Waals surface area contributed by atoms with Gasteiger partial charge in [0, 0.05) is 24.2 Å². The van der Waals surface area contributed by atoms with Gasteiger partial charge in [-0.3, -0.25) is 4.90 Å². The summed E-state index contributed by atoms with van der Waals surface area (Å²) < 4.78 is 5.94. The van der Waals surface area contributed by atoms with Gasteiger partial charge in [-0.1, -0.05) is 44.2 Å². The lowest BCUT2D eigenvalue weighted by Gasteiger charge is -2.52. The first-order chi connectivity index (χ1) is 12.3. The molecule has 1 unspecified atom stereocenters. The third-order valence-electron chi connectivity index (χ3n) is 6.39. The van der Waals surface area contributed by atoms with E-state index in [4.69, 9.17) is 10.5 Å². The van der Waals surface area contributed by atoms with Crippen LogP contribution in [0.15, 0.2) is 24.3 Å². The molecule has 3 atom stereocenters. The summed E-state index contributed by atoms with van der Waals surface area (Å²) in [4.78, 5) is 2.86. The average molecular weight is 344 g/mol. The zero-order chi connectivity index (χ0) is 17.1. The number of nitrogens with one attached hydrogen (secondary N) is 1. The van der Waals surface area contributed by atoms with Crippen LogP contribution in [0, 0.1) is 0 Å². The molecule has 1 saturated carbocycles. The lowest BCUT2D eigenvalue weighted by molar-refractivity contribution is -0.0995. The Kier molecular flexibility index (Phi) is 5.47. The van der Waals surface area contributed by atoms with Crippen molar-refractivity contribution in [2.75, 3.05) is 24.3 Å². The van der Waals surface area contributed by atoms with Gasteiger partial charge in [0.15, 0.2) is 0 Å². The Labute approximate surface area is 152 Å². The molecule has 2 saturated heterocycles. The molecule has 2 heterocycles. The standard InChI is InChI=1S/C21H33N3O/c22-20-10-6-7-11-21(20)23-16-12-18-14-25-15-19(13-16)24(18)17-8-4-2-1-3-5-9-17/h6-7,10-11,16-19,23H,1-5,8-9,12-15,22H2/t16?,18-,19+. The van der Waals surface area contributed by atoms with Crippen molar-refractivity contribution in [2.45, 2.75) is 82.0 Å². The van der Waals surface area contributed by atoms with Crippen molar-refractivity contribution in [3.8, 4) is 0 Å². The quantitative estimate of drug-likeness (QED) is 0.814. The van der Waals surface area contributed by atoms with Gasteiger partial charge < -0.3 is 15.8 Å². The zero-order valence-corrected chi connectivity index (χ0v) is 15.3. The lowest BCUT2D eigenvalue weighted by atomic mass is 9.85. The predicted molar refractivity (Wildman–Crippen MR) is 104 cm³/mol. The van der Waals surface area contributed by atoms with Gasteiger partial charge in [-0.15, -0.1) is 0 Å². The van der Waals surface area contributed by atoms with Crippen molar-refractivity contribution in [3.63, 3.8) is 0 Å². The van der Waals surface area contributed by atoms with Gasteiger partial charge in [0.1, 0.15) is 0 Å². The van der Waals surface area contributed by atoms with Crippen molar-refractivity contribution in [1.29, 1.82) is 0 Å². The Balaban J connectivity index is 1.44. The Hall–Kier alpha value is -1.26. The Morgan fingerprint density at radius 3 is 2.20 bits per heavy atom. The molecule has 4 heteroatoms. The maximum Gasteiger partial charge on any atom is 0.0623 e. The Morgan fingerprint density at radius 1 is 0.880 bits per heavy atom. The molecule has 4 nitrogen and oxygen atoms in total. The van der Waals surface area contributed by atoms with E-state index in [1.54, 1.807) is 0 Å². The van der Waals surface area contributed by atoms with Crippen molar-refractivity contribution in [1.82, 2.24) is 4.90 Å². The molecule has 25 heavy (non-hydrogen) atoms. The van der Waals surface area contributed by atoms with Gasteiger partial charge in [-0.05, 0) is 37.8 Å². The van der Waals surface area contributed by atoms with Crippen LogP contribution in [-0.4, -0.2) is 42.3 Å². The van der Waals surface area contributed by atoms with E-state index in [1.165, 1.54) is 57.8 Å². The number of hydrogen-bond donors (Lipinski definition) is 2. The minimum atomic E-state index is 0.508. The average Bonchev–Trinajstić information content (AvgIpc) is 2.56. The van der Waals surface area contributed by atoms with E-state index in [9.17, 15) is 0 Å². The van der Waals surface area contributed by atoms with Crippen LogP contribution in [0.4, 0.5) is 11.4 Å². The number of nitrogens with zero attached hydrogens (tertiary/aromatic N) is 1. The number of piperidine rings is 1. The van der Waals surface area contributed by atoms with Crippen LogP contribution in [-0.2, 0) is 4.74 Å². The number of benzene rings is 1. The fraction of sp³-hybridized carbons (Fsp3) is 0.714. The maximum atomic E-state index is 6.13. The molecule has 4 rings (SSSR count). The van der Waals surface area contributed by atoms with Crippen LogP contribution in [0.3, 0.4) is 0 Å². The number of nitrogen functional groups attached to an aromatic ring is 1. The summed E-state index contributed by atoms with van der Waals surface area (Å²) in [6.45, 7) is 1.80. The molecule has 3 aliphatic rings. The second-order valence-corrected chi connectivity index (χ2v) is 8.19. The van der Waals surface area contributed by atoms with Gasteiger partial charge in [0.05, 0.1) is 24.6 Å². The molecule has 1 aromatic rings. The Morgan fingerprint density at radius 2 is 1.52 bits per heavy atom. The molecular formula is C21H33N3O. The number of ether oxygens (including phenoxy) is 1. The van der Waals surface area contributed by atoms with Gasteiger partial charge in [0.2, 0.25) is 0 Å². The third-order valence-corrected chi connectivity index (χ3v) is 6.39. The normalized spacial score (nSPS) is 31.9. The highest BCUT2D eigenvalue weighted by molar-refractivity contribution is 5.66. The van der Waals surface area contributed by atoms with E-state index in [1.807, 2.05) is 12.1 Å². The molecule has 1 aromatic carbocycles. The summed E-state index contributed by atoms with van der Waals surface area (Å²) in [5, 5.41) is 3.72. The van der Waals surface area contributed by atoms with Crippen molar-refractivity contribution >= 4 is 11.4 Å². The molecule has 2 aliphatic heterocycles. The molecule has 0 aromatic heterocycles. The second kappa shape index (κ2) is 7.96. The van der Waals surface area contributed by atoms with E-state index >= 15 is 0 Å². The van der Waals surface area contributed by atoms with Crippen LogP contribution in [0.25, 0.3) is 0 Å². The molecule has 0 amide bonds. The third kappa shape index (κ3) is 3.95.